The zero-order chi connectivity index (χ0) is 17.4. The molecule has 7 nitrogen and oxygen atoms in total. The Morgan fingerprint density at radius 3 is 3.08 bits per heavy atom. The third-order valence-electron chi connectivity index (χ3n) is 5.58. The van der Waals surface area contributed by atoms with E-state index in [1.807, 2.05) is 0 Å². The van der Waals surface area contributed by atoms with Gasteiger partial charge in [-0.05, 0) is 26.2 Å². The summed E-state index contributed by atoms with van der Waals surface area (Å²) in [5.74, 6) is 2.79. The van der Waals surface area contributed by atoms with Gasteiger partial charge in [0.1, 0.15) is 17.7 Å². The van der Waals surface area contributed by atoms with E-state index in [-0.39, 0.29) is 22.7 Å². The molecule has 1 aromatic rings. The first-order valence-electron chi connectivity index (χ1n) is 9.23. The summed E-state index contributed by atoms with van der Waals surface area (Å²) >= 11 is 1.73. The fourth-order valence-electron chi connectivity index (χ4n) is 4.16. The Balaban J connectivity index is 1.34. The molecule has 2 unspecified atom stereocenters. The molecule has 8 heteroatoms. The molecule has 136 valence electrons. The number of carbonyl (C=O) groups is 2. The van der Waals surface area contributed by atoms with Crippen LogP contribution in [0, 0.1) is 0 Å². The molecule has 1 aromatic heterocycles. The van der Waals surface area contributed by atoms with Crippen molar-refractivity contribution >= 4 is 23.6 Å². The molecule has 0 radical (unpaired) electrons. The van der Waals surface area contributed by atoms with Crippen molar-refractivity contribution in [3.05, 3.63) is 11.6 Å². The van der Waals surface area contributed by atoms with Gasteiger partial charge < -0.3 is 14.8 Å². The van der Waals surface area contributed by atoms with Crippen molar-refractivity contribution < 1.29 is 9.59 Å². The lowest BCUT2D eigenvalue weighted by atomic mass is 10.2. The molecule has 2 saturated heterocycles. The van der Waals surface area contributed by atoms with Crippen molar-refractivity contribution in [2.75, 3.05) is 12.3 Å². The molecule has 0 saturated carbocycles. The first-order valence-corrected chi connectivity index (χ1v) is 10.2. The highest BCUT2D eigenvalue weighted by atomic mass is 32.2. The minimum absolute atomic E-state index is 0.0397. The highest BCUT2D eigenvalue weighted by molar-refractivity contribution is 8.01. The van der Waals surface area contributed by atoms with E-state index in [4.69, 9.17) is 0 Å². The van der Waals surface area contributed by atoms with Gasteiger partial charge in [0.15, 0.2) is 0 Å². The van der Waals surface area contributed by atoms with Gasteiger partial charge in [0, 0.05) is 38.1 Å². The summed E-state index contributed by atoms with van der Waals surface area (Å²) < 4.78 is 2.21. The molecule has 0 aliphatic carbocycles. The van der Waals surface area contributed by atoms with Crippen LogP contribution in [0.25, 0.3) is 0 Å². The lowest BCUT2D eigenvalue weighted by Crippen LogP contribution is -2.50. The smallest absolute Gasteiger partial charge is 0.243 e. The maximum Gasteiger partial charge on any atom is 0.243 e. The summed E-state index contributed by atoms with van der Waals surface area (Å²) in [7, 11) is 0. The molecule has 0 aromatic carbocycles. The third kappa shape index (κ3) is 3.05. The minimum Gasteiger partial charge on any atom is -0.354 e. The van der Waals surface area contributed by atoms with Gasteiger partial charge in [-0.25, -0.2) is 0 Å². The van der Waals surface area contributed by atoms with Gasteiger partial charge in [0.2, 0.25) is 11.8 Å². The summed E-state index contributed by atoms with van der Waals surface area (Å²) in [4.78, 5) is 26.3. The van der Waals surface area contributed by atoms with Gasteiger partial charge >= 0.3 is 0 Å². The number of amides is 2. The molecular weight excluding hydrogens is 338 g/mol. The number of aryl methyl sites for hydroxylation is 1. The maximum absolute atomic E-state index is 12.6. The lowest BCUT2D eigenvalue weighted by molar-refractivity contribution is -0.137. The quantitative estimate of drug-likeness (QED) is 0.867. The van der Waals surface area contributed by atoms with Gasteiger partial charge in [-0.3, -0.25) is 9.59 Å². The number of thioether (sulfide) groups is 1. The van der Waals surface area contributed by atoms with E-state index in [9.17, 15) is 9.59 Å². The first-order chi connectivity index (χ1) is 12.1. The molecule has 0 bridgehead atoms. The second-order valence-electron chi connectivity index (χ2n) is 7.30. The van der Waals surface area contributed by atoms with Crippen molar-refractivity contribution in [2.45, 2.75) is 69.3 Å². The molecule has 1 N–H and O–H groups in total. The van der Waals surface area contributed by atoms with E-state index in [1.165, 1.54) is 19.3 Å². The number of hydrogen-bond acceptors (Lipinski definition) is 5. The second kappa shape index (κ2) is 6.63. The lowest BCUT2D eigenvalue weighted by Gasteiger charge is -2.29. The van der Waals surface area contributed by atoms with Crippen LogP contribution >= 0.6 is 11.8 Å². The SMILES string of the molecule is CC12CCC(=O)N1C(C(=O)NCCc1nnc3n1CCCCC3)CS2. The number of nitrogens with one attached hydrogen (secondary N) is 1. The topological polar surface area (TPSA) is 80.1 Å². The van der Waals surface area contributed by atoms with Crippen LogP contribution in [-0.4, -0.2) is 54.7 Å². The number of fused-ring (bicyclic) bond motifs is 2. The van der Waals surface area contributed by atoms with E-state index in [0.717, 1.165) is 31.0 Å². The molecule has 2 fully saturated rings. The number of aromatic nitrogens is 3. The number of carbonyl (C=O) groups excluding carboxylic acids is 2. The largest absolute Gasteiger partial charge is 0.354 e. The Morgan fingerprint density at radius 1 is 1.32 bits per heavy atom. The zero-order valence-electron chi connectivity index (χ0n) is 14.7. The summed E-state index contributed by atoms with van der Waals surface area (Å²) in [5, 5.41) is 11.6. The maximum atomic E-state index is 12.6. The molecule has 2 amide bonds. The third-order valence-corrected chi connectivity index (χ3v) is 7.09. The van der Waals surface area contributed by atoms with E-state index < -0.39 is 0 Å². The van der Waals surface area contributed by atoms with E-state index in [0.29, 0.717) is 25.1 Å². The molecule has 0 spiro atoms. The molecule has 25 heavy (non-hydrogen) atoms. The molecule has 3 aliphatic rings. The van der Waals surface area contributed by atoms with Crippen LogP contribution in [0.5, 0.6) is 0 Å². The van der Waals surface area contributed by atoms with Crippen molar-refractivity contribution in [3.63, 3.8) is 0 Å². The molecule has 4 rings (SSSR count). The van der Waals surface area contributed by atoms with Gasteiger partial charge in [-0.2, -0.15) is 0 Å². The molecule has 3 aliphatic heterocycles. The van der Waals surface area contributed by atoms with Gasteiger partial charge in [0.05, 0.1) is 4.87 Å². The predicted octanol–water partition coefficient (Wildman–Crippen LogP) is 1.12. The Hall–Kier alpha value is -1.57. The van der Waals surface area contributed by atoms with Gasteiger partial charge in [-0.15, -0.1) is 22.0 Å². The van der Waals surface area contributed by atoms with E-state index in [1.54, 1.807) is 16.7 Å². The van der Waals surface area contributed by atoms with Crippen LogP contribution < -0.4 is 5.32 Å². The second-order valence-corrected chi connectivity index (χ2v) is 8.80. The number of hydrogen-bond donors (Lipinski definition) is 1. The average molecular weight is 363 g/mol. The van der Waals surface area contributed by atoms with Crippen LogP contribution in [0.15, 0.2) is 0 Å². The normalized spacial score (nSPS) is 28.6. The van der Waals surface area contributed by atoms with Crippen LogP contribution in [0.3, 0.4) is 0 Å². The van der Waals surface area contributed by atoms with Crippen molar-refractivity contribution in [2.24, 2.45) is 0 Å². The van der Waals surface area contributed by atoms with Crippen LogP contribution in [0.1, 0.15) is 50.7 Å². The Morgan fingerprint density at radius 2 is 2.20 bits per heavy atom. The predicted molar refractivity (Wildman–Crippen MR) is 95.0 cm³/mol. The minimum atomic E-state index is -0.333. The number of rotatable bonds is 4. The molecular formula is C17H25N5O2S. The number of nitrogens with zero attached hydrogens (tertiary/aromatic N) is 4. The summed E-state index contributed by atoms with van der Waals surface area (Å²) in [6.07, 6.45) is 6.65. The van der Waals surface area contributed by atoms with Crippen molar-refractivity contribution in [3.8, 4) is 0 Å². The highest BCUT2D eigenvalue weighted by Crippen LogP contribution is 2.47. The van der Waals surface area contributed by atoms with E-state index >= 15 is 0 Å². The fraction of sp³-hybridized carbons (Fsp3) is 0.765. The fourth-order valence-corrected chi connectivity index (χ4v) is 5.59. The monoisotopic (exact) mass is 363 g/mol. The highest BCUT2D eigenvalue weighted by Gasteiger charge is 2.52. The van der Waals surface area contributed by atoms with Crippen molar-refractivity contribution in [1.29, 1.82) is 0 Å². The van der Waals surface area contributed by atoms with Crippen LogP contribution in [0.4, 0.5) is 0 Å². The zero-order valence-corrected chi connectivity index (χ0v) is 15.5. The van der Waals surface area contributed by atoms with Gasteiger partial charge in [0.25, 0.3) is 0 Å². The summed E-state index contributed by atoms with van der Waals surface area (Å²) in [6, 6.07) is -0.333. The Kier molecular flexibility index (Phi) is 4.47. The Bertz CT molecular complexity index is 691. The van der Waals surface area contributed by atoms with Gasteiger partial charge in [-0.1, -0.05) is 6.42 Å². The summed E-state index contributed by atoms with van der Waals surface area (Å²) in [5.41, 5.74) is 0. The van der Waals surface area contributed by atoms with Crippen LogP contribution in [-0.2, 0) is 29.0 Å². The standard InChI is InChI=1S/C17H25N5O2S/c1-17-8-6-15(23)22(17)12(11-25-17)16(24)18-9-7-14-20-19-13-5-3-2-4-10-21(13)14/h12H,2-11H2,1H3,(H,18,24). The molecule has 2 atom stereocenters. The van der Waals surface area contributed by atoms with Crippen molar-refractivity contribution in [1.82, 2.24) is 25.0 Å². The Labute approximate surface area is 151 Å². The van der Waals surface area contributed by atoms with E-state index in [2.05, 4.69) is 27.0 Å². The first kappa shape index (κ1) is 16.9. The summed E-state index contributed by atoms with van der Waals surface area (Å²) in [6.45, 7) is 3.59. The average Bonchev–Trinajstić information content (AvgIpc) is 3.16. The van der Waals surface area contributed by atoms with Crippen LogP contribution in [0.2, 0.25) is 0 Å². The molecule has 4 heterocycles.